The van der Waals surface area contributed by atoms with Crippen molar-refractivity contribution in [3.63, 3.8) is 0 Å². The van der Waals surface area contributed by atoms with Crippen molar-refractivity contribution in [3.05, 3.63) is 0 Å². The van der Waals surface area contributed by atoms with Crippen LogP contribution in [0.3, 0.4) is 0 Å². The average molecular weight is 214 g/mol. The molecule has 1 atom stereocenters. The fourth-order valence-electron chi connectivity index (χ4n) is 1.90. The zero-order chi connectivity index (χ0) is 10.2. The lowest BCUT2D eigenvalue weighted by Gasteiger charge is -2.30. The topological polar surface area (TPSA) is 61.2 Å². The zero-order valence-electron chi connectivity index (χ0n) is 8.02. The van der Waals surface area contributed by atoms with Crippen LogP contribution in [-0.4, -0.2) is 30.6 Å². The number of piperidine rings is 1. The second-order valence-electron chi connectivity index (χ2n) is 4.00. The van der Waals surface area contributed by atoms with Gasteiger partial charge in [0.15, 0.2) is 0 Å². The van der Waals surface area contributed by atoms with Crippen LogP contribution in [-0.2, 0) is 10.0 Å². The lowest BCUT2D eigenvalue weighted by Crippen LogP contribution is -2.44. The SMILES string of the molecule is N#CC1CCCCN1S(=O)(=O)C1CC1. The Labute approximate surface area is 84.6 Å². The Morgan fingerprint density at radius 1 is 1.21 bits per heavy atom. The minimum absolute atomic E-state index is 0.184. The van der Waals surface area contributed by atoms with Gasteiger partial charge in [0.2, 0.25) is 10.0 Å². The summed E-state index contributed by atoms with van der Waals surface area (Å²) in [6.45, 7) is 0.539. The monoisotopic (exact) mass is 214 g/mol. The number of hydrogen-bond acceptors (Lipinski definition) is 3. The summed E-state index contributed by atoms with van der Waals surface area (Å²) in [5.41, 5.74) is 0. The molecule has 0 N–H and O–H groups in total. The van der Waals surface area contributed by atoms with E-state index in [1.54, 1.807) is 0 Å². The van der Waals surface area contributed by atoms with E-state index in [2.05, 4.69) is 6.07 Å². The highest BCUT2D eigenvalue weighted by molar-refractivity contribution is 7.90. The van der Waals surface area contributed by atoms with Gasteiger partial charge in [-0.2, -0.15) is 9.57 Å². The summed E-state index contributed by atoms with van der Waals surface area (Å²) < 4.78 is 25.2. The van der Waals surface area contributed by atoms with E-state index in [1.165, 1.54) is 4.31 Å². The highest BCUT2D eigenvalue weighted by Gasteiger charge is 2.43. The first kappa shape index (κ1) is 9.94. The molecule has 2 fully saturated rings. The molecule has 78 valence electrons. The Morgan fingerprint density at radius 3 is 2.50 bits per heavy atom. The summed E-state index contributed by atoms with van der Waals surface area (Å²) in [5.74, 6) is 0. The summed E-state index contributed by atoms with van der Waals surface area (Å²) in [6, 6.07) is 1.68. The normalized spacial score (nSPS) is 29.8. The Balaban J connectivity index is 2.18. The average Bonchev–Trinajstić information content (AvgIpc) is 3.01. The fraction of sp³-hybridized carbons (Fsp3) is 0.889. The van der Waals surface area contributed by atoms with Crippen LogP contribution in [0.4, 0.5) is 0 Å². The first-order valence-corrected chi connectivity index (χ1v) is 6.57. The molecule has 2 rings (SSSR count). The van der Waals surface area contributed by atoms with Crippen molar-refractivity contribution in [1.82, 2.24) is 4.31 Å². The smallest absolute Gasteiger partial charge is 0.212 e. The predicted molar refractivity (Wildman–Crippen MR) is 51.9 cm³/mol. The van der Waals surface area contributed by atoms with E-state index in [-0.39, 0.29) is 5.25 Å². The van der Waals surface area contributed by atoms with E-state index in [4.69, 9.17) is 5.26 Å². The highest BCUT2D eigenvalue weighted by Crippen LogP contribution is 2.33. The third-order valence-electron chi connectivity index (χ3n) is 2.88. The van der Waals surface area contributed by atoms with Crippen LogP contribution in [0.15, 0.2) is 0 Å². The number of rotatable bonds is 2. The van der Waals surface area contributed by atoms with Gasteiger partial charge in [-0.15, -0.1) is 0 Å². The highest BCUT2D eigenvalue weighted by atomic mass is 32.2. The largest absolute Gasteiger partial charge is 0.218 e. The van der Waals surface area contributed by atoms with E-state index in [1.807, 2.05) is 0 Å². The molecule has 1 heterocycles. The van der Waals surface area contributed by atoms with Crippen molar-refractivity contribution >= 4 is 10.0 Å². The minimum Gasteiger partial charge on any atom is -0.212 e. The maximum atomic E-state index is 11.9. The molecule has 0 spiro atoms. The van der Waals surface area contributed by atoms with Gasteiger partial charge in [0, 0.05) is 6.54 Å². The van der Waals surface area contributed by atoms with Crippen molar-refractivity contribution in [3.8, 4) is 6.07 Å². The van der Waals surface area contributed by atoms with Crippen molar-refractivity contribution in [2.45, 2.75) is 43.4 Å². The molecule has 1 aliphatic carbocycles. The molecular weight excluding hydrogens is 200 g/mol. The molecule has 4 nitrogen and oxygen atoms in total. The van der Waals surface area contributed by atoms with Gasteiger partial charge in [0.25, 0.3) is 0 Å². The standard InChI is InChI=1S/C9H14N2O2S/c10-7-8-3-1-2-6-11(8)14(12,13)9-4-5-9/h8-9H,1-6H2. The van der Waals surface area contributed by atoms with Crippen LogP contribution in [0.25, 0.3) is 0 Å². The summed E-state index contributed by atoms with van der Waals surface area (Å²) in [5, 5.41) is 8.69. The van der Waals surface area contributed by atoms with Crippen LogP contribution >= 0.6 is 0 Å². The molecule has 14 heavy (non-hydrogen) atoms. The third kappa shape index (κ3) is 1.64. The van der Waals surface area contributed by atoms with Gasteiger partial charge in [-0.3, -0.25) is 0 Å². The van der Waals surface area contributed by atoms with Crippen molar-refractivity contribution < 1.29 is 8.42 Å². The summed E-state index contributed by atoms with van der Waals surface area (Å²) in [7, 11) is -3.14. The molecule has 5 heteroatoms. The molecule has 1 aliphatic heterocycles. The molecule has 0 aromatic heterocycles. The van der Waals surface area contributed by atoms with Crippen LogP contribution in [0.5, 0.6) is 0 Å². The summed E-state index contributed by atoms with van der Waals surface area (Å²) >= 11 is 0. The molecule has 0 bridgehead atoms. The van der Waals surface area contributed by atoms with E-state index in [0.717, 1.165) is 25.7 Å². The van der Waals surface area contributed by atoms with Crippen molar-refractivity contribution in [1.29, 1.82) is 5.26 Å². The van der Waals surface area contributed by atoms with Gasteiger partial charge in [0.05, 0.1) is 11.3 Å². The van der Waals surface area contributed by atoms with E-state index >= 15 is 0 Å². The van der Waals surface area contributed by atoms with Crippen LogP contribution in [0.1, 0.15) is 32.1 Å². The van der Waals surface area contributed by atoms with E-state index in [9.17, 15) is 8.42 Å². The molecule has 1 saturated heterocycles. The van der Waals surface area contributed by atoms with Gasteiger partial charge >= 0.3 is 0 Å². The Bertz CT molecular complexity index is 353. The molecule has 0 amide bonds. The van der Waals surface area contributed by atoms with Crippen LogP contribution in [0, 0.1) is 11.3 Å². The number of nitriles is 1. The second-order valence-corrected chi connectivity index (χ2v) is 6.16. The zero-order valence-corrected chi connectivity index (χ0v) is 8.83. The first-order valence-electron chi connectivity index (χ1n) is 5.06. The van der Waals surface area contributed by atoms with Gasteiger partial charge < -0.3 is 0 Å². The van der Waals surface area contributed by atoms with Crippen molar-refractivity contribution in [2.75, 3.05) is 6.54 Å². The van der Waals surface area contributed by atoms with Crippen LogP contribution in [0.2, 0.25) is 0 Å². The maximum Gasteiger partial charge on any atom is 0.218 e. The molecule has 0 radical (unpaired) electrons. The number of nitrogens with zero attached hydrogens (tertiary/aromatic N) is 2. The van der Waals surface area contributed by atoms with Gasteiger partial charge in [-0.25, -0.2) is 8.42 Å². The second kappa shape index (κ2) is 3.52. The Morgan fingerprint density at radius 2 is 1.93 bits per heavy atom. The summed E-state index contributed by atoms with van der Waals surface area (Å²) in [4.78, 5) is 0. The third-order valence-corrected chi connectivity index (χ3v) is 5.28. The fourth-order valence-corrected chi connectivity index (χ4v) is 3.90. The molecule has 1 saturated carbocycles. The number of sulfonamides is 1. The molecule has 2 aliphatic rings. The Hall–Kier alpha value is -0.600. The predicted octanol–water partition coefficient (Wildman–Crippen LogP) is 0.857. The molecule has 1 unspecified atom stereocenters. The lowest BCUT2D eigenvalue weighted by atomic mass is 10.1. The van der Waals surface area contributed by atoms with Gasteiger partial charge in [-0.1, -0.05) is 0 Å². The molecule has 0 aromatic rings. The molecular formula is C9H14N2O2S. The Kier molecular flexibility index (Phi) is 2.50. The van der Waals surface area contributed by atoms with E-state index < -0.39 is 16.1 Å². The summed E-state index contributed by atoms with van der Waals surface area (Å²) in [6.07, 6.45) is 4.11. The van der Waals surface area contributed by atoms with Crippen molar-refractivity contribution in [2.24, 2.45) is 0 Å². The van der Waals surface area contributed by atoms with Crippen LogP contribution < -0.4 is 0 Å². The van der Waals surface area contributed by atoms with E-state index in [0.29, 0.717) is 13.0 Å². The quantitative estimate of drug-likeness (QED) is 0.685. The molecule has 0 aromatic carbocycles. The minimum atomic E-state index is -3.14. The first-order chi connectivity index (χ1) is 6.66. The van der Waals surface area contributed by atoms with Gasteiger partial charge in [-0.05, 0) is 32.1 Å². The number of hydrogen-bond donors (Lipinski definition) is 0. The maximum absolute atomic E-state index is 11.9. The van der Waals surface area contributed by atoms with Gasteiger partial charge in [0.1, 0.15) is 6.04 Å². The lowest BCUT2D eigenvalue weighted by molar-refractivity contribution is 0.296.